The molecule has 1 aromatic carbocycles. The van der Waals surface area contributed by atoms with Crippen LogP contribution in [0, 0.1) is 11.3 Å². The van der Waals surface area contributed by atoms with Crippen LogP contribution >= 0.6 is 0 Å². The van der Waals surface area contributed by atoms with E-state index in [0.717, 1.165) is 13.1 Å². The van der Waals surface area contributed by atoms with Gasteiger partial charge in [0.05, 0.1) is 12.6 Å². The van der Waals surface area contributed by atoms with Gasteiger partial charge in [0, 0.05) is 18.6 Å². The molecule has 1 fully saturated rings. The third-order valence-corrected chi connectivity index (χ3v) is 3.75. The number of rotatable bonds is 4. The van der Waals surface area contributed by atoms with Crippen LogP contribution in [0.15, 0.2) is 30.3 Å². The summed E-state index contributed by atoms with van der Waals surface area (Å²) in [5.41, 5.74) is 1.37. The van der Waals surface area contributed by atoms with Gasteiger partial charge in [0.15, 0.2) is 0 Å². The van der Waals surface area contributed by atoms with Crippen molar-refractivity contribution in [2.24, 2.45) is 0 Å². The van der Waals surface area contributed by atoms with Gasteiger partial charge in [-0.25, -0.2) is 0 Å². The second-order valence-corrected chi connectivity index (χ2v) is 4.96. The van der Waals surface area contributed by atoms with E-state index in [1.807, 2.05) is 0 Å². The Morgan fingerprint density at radius 2 is 2.22 bits per heavy atom. The molecule has 1 saturated heterocycles. The third kappa shape index (κ3) is 3.32. The fraction of sp³-hybridized carbons (Fsp3) is 0.533. The summed E-state index contributed by atoms with van der Waals surface area (Å²) in [6.07, 6.45) is 2.39. The van der Waals surface area contributed by atoms with Crippen molar-refractivity contribution in [3.8, 4) is 6.07 Å². The van der Waals surface area contributed by atoms with Crippen LogP contribution in [0.4, 0.5) is 0 Å². The summed E-state index contributed by atoms with van der Waals surface area (Å²) in [6, 6.07) is 13.7. The Balaban J connectivity index is 1.94. The summed E-state index contributed by atoms with van der Waals surface area (Å²) in [7, 11) is 0. The molecule has 0 amide bonds. The molecule has 2 unspecified atom stereocenters. The average molecular weight is 243 g/mol. The zero-order valence-electron chi connectivity index (χ0n) is 11.0. The largest absolute Gasteiger partial charge is 0.300 e. The molecule has 1 heterocycles. The van der Waals surface area contributed by atoms with Gasteiger partial charge in [-0.2, -0.15) is 5.26 Å². The Kier molecular flexibility index (Phi) is 4.74. The summed E-state index contributed by atoms with van der Waals surface area (Å²) in [5, 5.41) is 11.9. The van der Waals surface area contributed by atoms with Crippen LogP contribution in [0.2, 0.25) is 0 Å². The van der Waals surface area contributed by atoms with E-state index in [1.165, 1.54) is 18.4 Å². The summed E-state index contributed by atoms with van der Waals surface area (Å²) in [5.74, 6) is 0. The summed E-state index contributed by atoms with van der Waals surface area (Å²) >= 11 is 0. The van der Waals surface area contributed by atoms with Crippen molar-refractivity contribution in [2.45, 2.75) is 31.8 Å². The van der Waals surface area contributed by atoms with E-state index >= 15 is 0 Å². The summed E-state index contributed by atoms with van der Waals surface area (Å²) in [6.45, 7) is 4.92. The third-order valence-electron chi connectivity index (χ3n) is 3.75. The van der Waals surface area contributed by atoms with Gasteiger partial charge in [-0.1, -0.05) is 30.3 Å². The Hall–Kier alpha value is -1.37. The number of hydrogen-bond acceptors (Lipinski definition) is 3. The van der Waals surface area contributed by atoms with Gasteiger partial charge in [0.25, 0.3) is 0 Å². The number of nitrogens with one attached hydrogen (secondary N) is 1. The first-order valence-corrected chi connectivity index (χ1v) is 6.70. The van der Waals surface area contributed by atoms with Gasteiger partial charge in [-0.15, -0.1) is 0 Å². The van der Waals surface area contributed by atoms with E-state index in [9.17, 15) is 0 Å². The Morgan fingerprint density at radius 1 is 1.44 bits per heavy atom. The number of piperidine rings is 1. The van der Waals surface area contributed by atoms with Crippen LogP contribution in [0.25, 0.3) is 0 Å². The minimum atomic E-state index is 0.456. The van der Waals surface area contributed by atoms with E-state index in [0.29, 0.717) is 18.6 Å². The molecule has 0 aromatic heterocycles. The molecule has 3 nitrogen and oxygen atoms in total. The van der Waals surface area contributed by atoms with Crippen LogP contribution in [-0.2, 0) is 0 Å². The SMILES string of the molecule is CC(c1ccccc1)N1CCCC(NCC#N)C1. The van der Waals surface area contributed by atoms with Gasteiger partial charge in [0.2, 0.25) is 0 Å². The van der Waals surface area contributed by atoms with E-state index in [4.69, 9.17) is 5.26 Å². The predicted molar refractivity (Wildman–Crippen MR) is 73.1 cm³/mol. The molecule has 0 radical (unpaired) electrons. The number of likely N-dealkylation sites (tertiary alicyclic amines) is 1. The lowest BCUT2D eigenvalue weighted by Gasteiger charge is -2.37. The first-order chi connectivity index (χ1) is 8.81. The van der Waals surface area contributed by atoms with Gasteiger partial charge >= 0.3 is 0 Å². The van der Waals surface area contributed by atoms with Crippen LogP contribution in [0.3, 0.4) is 0 Å². The zero-order valence-corrected chi connectivity index (χ0v) is 11.0. The monoisotopic (exact) mass is 243 g/mol. The zero-order chi connectivity index (χ0) is 12.8. The number of nitrogens with zero attached hydrogens (tertiary/aromatic N) is 2. The van der Waals surface area contributed by atoms with Gasteiger partial charge in [0.1, 0.15) is 0 Å². The van der Waals surface area contributed by atoms with Crippen molar-refractivity contribution in [2.75, 3.05) is 19.6 Å². The fourth-order valence-electron chi connectivity index (χ4n) is 2.66. The summed E-state index contributed by atoms with van der Waals surface area (Å²) in [4.78, 5) is 2.51. The highest BCUT2D eigenvalue weighted by Gasteiger charge is 2.23. The molecule has 1 aromatic rings. The van der Waals surface area contributed by atoms with E-state index < -0.39 is 0 Å². The van der Waals surface area contributed by atoms with Crippen LogP contribution in [0.1, 0.15) is 31.4 Å². The predicted octanol–water partition coefficient (Wildman–Crippen LogP) is 2.33. The highest BCUT2D eigenvalue weighted by molar-refractivity contribution is 5.18. The Bertz CT molecular complexity index is 396. The lowest BCUT2D eigenvalue weighted by atomic mass is 10.0. The van der Waals surface area contributed by atoms with Crippen molar-refractivity contribution >= 4 is 0 Å². The van der Waals surface area contributed by atoms with E-state index in [2.05, 4.69) is 53.5 Å². The molecule has 0 bridgehead atoms. The molecular formula is C15H21N3. The van der Waals surface area contributed by atoms with E-state index in [1.54, 1.807) is 0 Å². The molecule has 96 valence electrons. The molecule has 18 heavy (non-hydrogen) atoms. The molecule has 2 rings (SSSR count). The molecule has 1 aliphatic rings. The fourth-order valence-corrected chi connectivity index (χ4v) is 2.66. The maximum atomic E-state index is 8.62. The van der Waals surface area contributed by atoms with Gasteiger partial charge in [-0.05, 0) is 31.9 Å². The quantitative estimate of drug-likeness (QED) is 0.825. The number of nitriles is 1. The minimum Gasteiger partial charge on any atom is -0.300 e. The molecule has 0 spiro atoms. The smallest absolute Gasteiger partial charge is 0.0843 e. The molecule has 0 aliphatic carbocycles. The number of hydrogen-bond donors (Lipinski definition) is 1. The second kappa shape index (κ2) is 6.53. The average Bonchev–Trinajstić information content (AvgIpc) is 2.45. The van der Waals surface area contributed by atoms with Gasteiger partial charge in [-0.3, -0.25) is 4.90 Å². The minimum absolute atomic E-state index is 0.456. The van der Waals surface area contributed by atoms with Crippen molar-refractivity contribution in [1.82, 2.24) is 10.2 Å². The normalized spacial score (nSPS) is 22.3. The Morgan fingerprint density at radius 3 is 2.94 bits per heavy atom. The van der Waals surface area contributed by atoms with Crippen LogP contribution in [-0.4, -0.2) is 30.6 Å². The first kappa shape index (κ1) is 13.1. The number of benzene rings is 1. The first-order valence-electron chi connectivity index (χ1n) is 6.70. The standard InChI is InChI=1S/C15H21N3/c1-13(14-6-3-2-4-7-14)18-11-5-8-15(12-18)17-10-9-16/h2-4,6-7,13,15,17H,5,8,10-12H2,1H3. The van der Waals surface area contributed by atoms with E-state index in [-0.39, 0.29) is 0 Å². The summed E-state index contributed by atoms with van der Waals surface area (Å²) < 4.78 is 0. The highest BCUT2D eigenvalue weighted by Crippen LogP contribution is 2.23. The van der Waals surface area contributed by atoms with Gasteiger partial charge < -0.3 is 5.32 Å². The maximum absolute atomic E-state index is 8.62. The Labute approximate surface area is 109 Å². The topological polar surface area (TPSA) is 39.1 Å². The molecular weight excluding hydrogens is 222 g/mol. The molecule has 0 saturated carbocycles. The maximum Gasteiger partial charge on any atom is 0.0843 e. The van der Waals surface area contributed by atoms with Crippen molar-refractivity contribution in [3.05, 3.63) is 35.9 Å². The molecule has 2 atom stereocenters. The molecule has 1 N–H and O–H groups in total. The van der Waals surface area contributed by atoms with Crippen LogP contribution < -0.4 is 5.32 Å². The lowest BCUT2D eigenvalue weighted by Crippen LogP contribution is -2.46. The van der Waals surface area contributed by atoms with Crippen molar-refractivity contribution in [3.63, 3.8) is 0 Å². The molecule has 1 aliphatic heterocycles. The highest BCUT2D eigenvalue weighted by atomic mass is 15.2. The second-order valence-electron chi connectivity index (χ2n) is 4.96. The van der Waals surface area contributed by atoms with Crippen molar-refractivity contribution < 1.29 is 0 Å². The van der Waals surface area contributed by atoms with Crippen molar-refractivity contribution in [1.29, 1.82) is 5.26 Å². The molecule has 3 heteroatoms. The van der Waals surface area contributed by atoms with Crippen LogP contribution in [0.5, 0.6) is 0 Å². The lowest BCUT2D eigenvalue weighted by molar-refractivity contribution is 0.147.